The standard InChI is InChI=1S/C13H25N/c1-11(2)9-10-14-12(3)13-7-5-4-6-8-13/h9,12-14H,4-8,10H2,1-3H3/t12-/m0/s1. The van der Waals surface area contributed by atoms with Crippen molar-refractivity contribution in [1.82, 2.24) is 5.32 Å². The molecule has 1 heteroatoms. The molecule has 1 saturated carbocycles. The van der Waals surface area contributed by atoms with Gasteiger partial charge in [0.15, 0.2) is 0 Å². The van der Waals surface area contributed by atoms with Crippen molar-refractivity contribution in [2.24, 2.45) is 5.92 Å². The zero-order valence-electron chi connectivity index (χ0n) is 9.97. The lowest BCUT2D eigenvalue weighted by molar-refractivity contribution is 0.287. The van der Waals surface area contributed by atoms with Crippen LogP contribution in [-0.2, 0) is 0 Å². The maximum Gasteiger partial charge on any atom is 0.0139 e. The lowest BCUT2D eigenvalue weighted by atomic mass is 9.84. The first-order valence-corrected chi connectivity index (χ1v) is 6.07. The van der Waals surface area contributed by atoms with Crippen LogP contribution in [0.1, 0.15) is 52.9 Å². The van der Waals surface area contributed by atoms with E-state index < -0.39 is 0 Å². The third-order valence-corrected chi connectivity index (χ3v) is 3.31. The molecule has 0 radical (unpaired) electrons. The summed E-state index contributed by atoms with van der Waals surface area (Å²) in [4.78, 5) is 0. The first-order chi connectivity index (χ1) is 6.70. The van der Waals surface area contributed by atoms with Crippen LogP contribution in [0.5, 0.6) is 0 Å². The molecule has 1 nitrogen and oxygen atoms in total. The smallest absolute Gasteiger partial charge is 0.0139 e. The van der Waals surface area contributed by atoms with Gasteiger partial charge in [-0.3, -0.25) is 0 Å². The van der Waals surface area contributed by atoms with Gasteiger partial charge in [0, 0.05) is 12.6 Å². The summed E-state index contributed by atoms with van der Waals surface area (Å²) >= 11 is 0. The van der Waals surface area contributed by atoms with E-state index in [1.54, 1.807) is 0 Å². The van der Waals surface area contributed by atoms with Crippen molar-refractivity contribution in [3.05, 3.63) is 11.6 Å². The Morgan fingerprint density at radius 2 is 1.93 bits per heavy atom. The maximum atomic E-state index is 3.61. The molecule has 1 aliphatic carbocycles. The van der Waals surface area contributed by atoms with E-state index in [1.807, 2.05) is 0 Å². The molecular weight excluding hydrogens is 170 g/mol. The molecule has 0 aromatic carbocycles. The van der Waals surface area contributed by atoms with Crippen LogP contribution in [0.3, 0.4) is 0 Å². The molecule has 1 aliphatic rings. The molecule has 1 rings (SSSR count). The second kappa shape index (κ2) is 6.23. The van der Waals surface area contributed by atoms with Crippen molar-refractivity contribution in [2.45, 2.75) is 58.9 Å². The van der Waals surface area contributed by atoms with E-state index in [0.717, 1.165) is 12.5 Å². The van der Waals surface area contributed by atoms with Crippen molar-refractivity contribution < 1.29 is 0 Å². The third-order valence-electron chi connectivity index (χ3n) is 3.31. The minimum absolute atomic E-state index is 0.700. The SMILES string of the molecule is CC(C)=CCN[C@@H](C)C1CCCCC1. The van der Waals surface area contributed by atoms with Gasteiger partial charge in [0.1, 0.15) is 0 Å². The summed E-state index contributed by atoms with van der Waals surface area (Å²) < 4.78 is 0. The summed E-state index contributed by atoms with van der Waals surface area (Å²) in [5.41, 5.74) is 1.41. The molecule has 0 unspecified atom stereocenters. The molecule has 0 spiro atoms. The Morgan fingerprint density at radius 3 is 2.50 bits per heavy atom. The van der Waals surface area contributed by atoms with Gasteiger partial charge >= 0.3 is 0 Å². The van der Waals surface area contributed by atoms with Crippen LogP contribution in [0.2, 0.25) is 0 Å². The highest BCUT2D eigenvalue weighted by Crippen LogP contribution is 2.26. The Labute approximate surface area is 89.0 Å². The lowest BCUT2D eigenvalue weighted by Gasteiger charge is -2.28. The summed E-state index contributed by atoms with van der Waals surface area (Å²) in [6.07, 6.45) is 9.49. The number of hydrogen-bond acceptors (Lipinski definition) is 1. The van der Waals surface area contributed by atoms with Gasteiger partial charge in [-0.05, 0) is 39.5 Å². The molecule has 0 aliphatic heterocycles. The predicted octanol–water partition coefficient (Wildman–Crippen LogP) is 3.51. The Hall–Kier alpha value is -0.300. The first-order valence-electron chi connectivity index (χ1n) is 6.07. The van der Waals surface area contributed by atoms with Gasteiger partial charge in [-0.25, -0.2) is 0 Å². The highest BCUT2D eigenvalue weighted by molar-refractivity contribution is 4.95. The second-order valence-electron chi connectivity index (χ2n) is 4.88. The largest absolute Gasteiger partial charge is 0.311 e. The average Bonchev–Trinajstić information content (AvgIpc) is 2.18. The monoisotopic (exact) mass is 195 g/mol. The number of rotatable bonds is 4. The van der Waals surface area contributed by atoms with Crippen LogP contribution in [0, 0.1) is 5.92 Å². The van der Waals surface area contributed by atoms with Gasteiger partial charge in [0.05, 0.1) is 0 Å². The zero-order chi connectivity index (χ0) is 10.4. The van der Waals surface area contributed by atoms with Crippen LogP contribution >= 0.6 is 0 Å². The lowest BCUT2D eigenvalue weighted by Crippen LogP contribution is -2.34. The van der Waals surface area contributed by atoms with E-state index >= 15 is 0 Å². The van der Waals surface area contributed by atoms with Gasteiger partial charge in [-0.15, -0.1) is 0 Å². The van der Waals surface area contributed by atoms with Crippen molar-refractivity contribution in [3.8, 4) is 0 Å². The first kappa shape index (κ1) is 11.8. The minimum atomic E-state index is 0.700. The molecule has 14 heavy (non-hydrogen) atoms. The molecule has 82 valence electrons. The molecule has 0 heterocycles. The van der Waals surface area contributed by atoms with E-state index in [2.05, 4.69) is 32.2 Å². The number of hydrogen-bond donors (Lipinski definition) is 1. The fourth-order valence-electron chi connectivity index (χ4n) is 2.25. The van der Waals surface area contributed by atoms with E-state index in [4.69, 9.17) is 0 Å². The quantitative estimate of drug-likeness (QED) is 0.677. The van der Waals surface area contributed by atoms with E-state index in [1.165, 1.54) is 37.7 Å². The molecule has 0 aromatic heterocycles. The van der Waals surface area contributed by atoms with Crippen LogP contribution in [0.4, 0.5) is 0 Å². The van der Waals surface area contributed by atoms with Crippen LogP contribution < -0.4 is 5.32 Å². The number of allylic oxidation sites excluding steroid dienone is 1. The van der Waals surface area contributed by atoms with Crippen molar-refractivity contribution >= 4 is 0 Å². The average molecular weight is 195 g/mol. The Bertz CT molecular complexity index is 174. The molecule has 0 aromatic rings. The second-order valence-corrected chi connectivity index (χ2v) is 4.88. The van der Waals surface area contributed by atoms with Crippen molar-refractivity contribution in [2.75, 3.05) is 6.54 Å². The molecule has 0 amide bonds. The van der Waals surface area contributed by atoms with Crippen LogP contribution in [0.25, 0.3) is 0 Å². The van der Waals surface area contributed by atoms with Gasteiger partial charge in [-0.2, -0.15) is 0 Å². The topological polar surface area (TPSA) is 12.0 Å². The fraction of sp³-hybridized carbons (Fsp3) is 0.846. The molecular formula is C13H25N. The third kappa shape index (κ3) is 4.28. The highest BCUT2D eigenvalue weighted by Gasteiger charge is 2.18. The summed E-state index contributed by atoms with van der Waals surface area (Å²) in [6.45, 7) is 7.70. The van der Waals surface area contributed by atoms with Crippen LogP contribution in [0.15, 0.2) is 11.6 Å². The number of nitrogens with one attached hydrogen (secondary N) is 1. The molecule has 1 atom stereocenters. The van der Waals surface area contributed by atoms with Crippen LogP contribution in [-0.4, -0.2) is 12.6 Å². The Kier molecular flexibility index (Phi) is 5.24. The predicted molar refractivity (Wildman–Crippen MR) is 63.5 cm³/mol. The summed E-state index contributed by atoms with van der Waals surface area (Å²) in [5.74, 6) is 0.925. The Balaban J connectivity index is 2.19. The van der Waals surface area contributed by atoms with Gasteiger partial charge in [0.25, 0.3) is 0 Å². The molecule has 1 fully saturated rings. The van der Waals surface area contributed by atoms with Crippen molar-refractivity contribution in [3.63, 3.8) is 0 Å². The minimum Gasteiger partial charge on any atom is -0.311 e. The van der Waals surface area contributed by atoms with E-state index in [0.29, 0.717) is 6.04 Å². The molecule has 0 saturated heterocycles. The molecule has 0 bridgehead atoms. The Morgan fingerprint density at radius 1 is 1.29 bits per heavy atom. The van der Waals surface area contributed by atoms with Gasteiger partial charge in [-0.1, -0.05) is 30.9 Å². The fourth-order valence-corrected chi connectivity index (χ4v) is 2.25. The maximum absolute atomic E-state index is 3.61. The molecule has 1 N–H and O–H groups in total. The summed E-state index contributed by atoms with van der Waals surface area (Å²) in [7, 11) is 0. The summed E-state index contributed by atoms with van der Waals surface area (Å²) in [6, 6.07) is 0.700. The zero-order valence-corrected chi connectivity index (χ0v) is 9.97. The van der Waals surface area contributed by atoms with Gasteiger partial charge in [0.2, 0.25) is 0 Å². The summed E-state index contributed by atoms with van der Waals surface area (Å²) in [5, 5.41) is 3.61. The highest BCUT2D eigenvalue weighted by atomic mass is 14.9. The van der Waals surface area contributed by atoms with E-state index in [-0.39, 0.29) is 0 Å². The van der Waals surface area contributed by atoms with Gasteiger partial charge < -0.3 is 5.32 Å². The van der Waals surface area contributed by atoms with Crippen molar-refractivity contribution in [1.29, 1.82) is 0 Å². The normalized spacial score (nSPS) is 20.5. The van der Waals surface area contributed by atoms with E-state index in [9.17, 15) is 0 Å².